The topological polar surface area (TPSA) is 38.2 Å². The number of nitrogens with zero attached hydrogens (tertiary/aromatic N) is 3. The summed E-state index contributed by atoms with van der Waals surface area (Å²) in [5, 5.41) is 1.19. The Morgan fingerprint density at radius 1 is 0.963 bits per heavy atom. The van der Waals surface area contributed by atoms with E-state index in [1.54, 1.807) is 11.3 Å². The highest BCUT2D eigenvalue weighted by atomic mass is 32.1. The van der Waals surface area contributed by atoms with Crippen molar-refractivity contribution < 1.29 is 4.74 Å². The lowest BCUT2D eigenvalue weighted by atomic mass is 10.0. The molecule has 0 amide bonds. The van der Waals surface area contributed by atoms with Crippen LogP contribution in [0.25, 0.3) is 21.3 Å². The van der Waals surface area contributed by atoms with Crippen LogP contribution in [-0.2, 0) is 0 Å². The normalized spacial score (nSPS) is 11.1. The molecular weight excluding hydrogens is 354 g/mol. The molecule has 0 saturated carbocycles. The van der Waals surface area contributed by atoms with Crippen LogP contribution in [0.4, 0.5) is 5.82 Å². The third kappa shape index (κ3) is 4.08. The number of benzene rings is 1. The molecule has 2 heterocycles. The van der Waals surface area contributed by atoms with Crippen molar-refractivity contribution in [1.29, 1.82) is 0 Å². The highest BCUT2D eigenvalue weighted by Gasteiger charge is 2.21. The number of fused-ring (bicyclic) bond motifs is 1. The van der Waals surface area contributed by atoms with Crippen LogP contribution in [0.15, 0.2) is 24.3 Å². The van der Waals surface area contributed by atoms with Gasteiger partial charge in [0.05, 0.1) is 12.0 Å². The Hall–Kier alpha value is -2.14. The Bertz CT molecular complexity index is 896. The van der Waals surface area contributed by atoms with Crippen molar-refractivity contribution in [2.45, 2.75) is 47.5 Å². The number of anilines is 1. The molecule has 27 heavy (non-hydrogen) atoms. The minimum Gasteiger partial charge on any atom is -0.494 e. The molecule has 0 spiro atoms. The molecule has 0 saturated heterocycles. The summed E-state index contributed by atoms with van der Waals surface area (Å²) in [6.07, 6.45) is 2.21. The molecular formula is C22H29N3OS. The summed E-state index contributed by atoms with van der Waals surface area (Å²) >= 11 is 1.76. The van der Waals surface area contributed by atoms with E-state index in [9.17, 15) is 0 Å². The minimum absolute atomic E-state index is 0.681. The Labute approximate surface area is 166 Å². The number of aryl methyl sites for hydroxylation is 2. The van der Waals surface area contributed by atoms with Crippen molar-refractivity contribution in [2.75, 3.05) is 24.6 Å². The van der Waals surface area contributed by atoms with Crippen LogP contribution < -0.4 is 9.64 Å². The molecule has 0 fully saturated rings. The molecule has 0 aliphatic rings. The van der Waals surface area contributed by atoms with Crippen LogP contribution >= 0.6 is 11.3 Å². The van der Waals surface area contributed by atoms with E-state index in [1.165, 1.54) is 21.4 Å². The number of hydrogen-bond donors (Lipinski definition) is 0. The van der Waals surface area contributed by atoms with Gasteiger partial charge in [-0.3, -0.25) is 0 Å². The molecule has 5 heteroatoms. The molecule has 144 valence electrons. The van der Waals surface area contributed by atoms with Crippen LogP contribution in [0.3, 0.4) is 0 Å². The third-order valence-electron chi connectivity index (χ3n) is 4.56. The predicted octanol–water partition coefficient (Wildman–Crippen LogP) is 6.00. The molecule has 0 N–H and O–H groups in total. The molecule has 2 aromatic heterocycles. The number of ether oxygens (including phenoxy) is 1. The van der Waals surface area contributed by atoms with E-state index in [0.717, 1.165) is 48.2 Å². The minimum atomic E-state index is 0.681. The Morgan fingerprint density at radius 3 is 2.22 bits per heavy atom. The summed E-state index contributed by atoms with van der Waals surface area (Å²) in [4.78, 5) is 14.4. The lowest BCUT2D eigenvalue weighted by molar-refractivity contribution is 0.340. The van der Waals surface area contributed by atoms with E-state index >= 15 is 0 Å². The Kier molecular flexibility index (Phi) is 6.32. The van der Waals surface area contributed by atoms with E-state index in [1.807, 2.05) is 26.0 Å². The SMILES string of the molecule is CCCN(CCC)c1nc(C)nc2sc(C)c(-c3ccc(OCC)cc3)c12. The highest BCUT2D eigenvalue weighted by molar-refractivity contribution is 7.19. The maximum Gasteiger partial charge on any atom is 0.141 e. The number of rotatable bonds is 8. The quantitative estimate of drug-likeness (QED) is 0.478. The van der Waals surface area contributed by atoms with E-state index < -0.39 is 0 Å². The second-order valence-electron chi connectivity index (χ2n) is 6.75. The average Bonchev–Trinajstić information content (AvgIpc) is 2.97. The van der Waals surface area contributed by atoms with Crippen molar-refractivity contribution in [2.24, 2.45) is 0 Å². The molecule has 3 rings (SSSR count). The second kappa shape index (κ2) is 8.70. The first-order valence-electron chi connectivity index (χ1n) is 9.84. The Balaban J connectivity index is 2.19. The molecule has 1 aromatic carbocycles. The summed E-state index contributed by atoms with van der Waals surface area (Å²) < 4.78 is 5.61. The van der Waals surface area contributed by atoms with Gasteiger partial charge in [-0.15, -0.1) is 11.3 Å². The first-order valence-corrected chi connectivity index (χ1v) is 10.7. The van der Waals surface area contributed by atoms with Crippen molar-refractivity contribution >= 4 is 27.4 Å². The van der Waals surface area contributed by atoms with Gasteiger partial charge < -0.3 is 9.64 Å². The molecule has 3 aromatic rings. The van der Waals surface area contributed by atoms with Crippen molar-refractivity contribution in [3.05, 3.63) is 35.0 Å². The van der Waals surface area contributed by atoms with Crippen LogP contribution in [0, 0.1) is 13.8 Å². The van der Waals surface area contributed by atoms with Crippen LogP contribution in [0.1, 0.15) is 44.3 Å². The highest BCUT2D eigenvalue weighted by Crippen LogP contribution is 2.42. The predicted molar refractivity (Wildman–Crippen MR) is 116 cm³/mol. The summed E-state index contributed by atoms with van der Waals surface area (Å²) in [7, 11) is 0. The van der Waals surface area contributed by atoms with Gasteiger partial charge in [0.2, 0.25) is 0 Å². The fourth-order valence-corrected chi connectivity index (χ4v) is 4.61. The van der Waals surface area contributed by atoms with Gasteiger partial charge in [-0.1, -0.05) is 26.0 Å². The van der Waals surface area contributed by atoms with Gasteiger partial charge in [0, 0.05) is 23.5 Å². The van der Waals surface area contributed by atoms with Crippen LogP contribution in [0.5, 0.6) is 5.75 Å². The van der Waals surface area contributed by atoms with Gasteiger partial charge in [-0.05, 0) is 51.3 Å². The molecule has 0 atom stereocenters. The smallest absolute Gasteiger partial charge is 0.141 e. The molecule has 0 radical (unpaired) electrons. The summed E-state index contributed by atoms with van der Waals surface area (Å²) in [5.74, 6) is 2.83. The molecule has 4 nitrogen and oxygen atoms in total. The molecule has 0 aliphatic heterocycles. The maximum atomic E-state index is 5.61. The molecule has 0 aliphatic carbocycles. The second-order valence-corrected chi connectivity index (χ2v) is 7.96. The zero-order chi connectivity index (χ0) is 19.4. The van der Waals surface area contributed by atoms with Gasteiger partial charge in [0.1, 0.15) is 22.2 Å². The van der Waals surface area contributed by atoms with E-state index in [2.05, 4.69) is 37.8 Å². The number of hydrogen-bond acceptors (Lipinski definition) is 5. The largest absolute Gasteiger partial charge is 0.494 e. The van der Waals surface area contributed by atoms with Gasteiger partial charge in [0.25, 0.3) is 0 Å². The monoisotopic (exact) mass is 383 g/mol. The lowest BCUT2D eigenvalue weighted by Gasteiger charge is -2.24. The fraction of sp³-hybridized carbons (Fsp3) is 0.455. The first kappa shape index (κ1) is 19.6. The van der Waals surface area contributed by atoms with Crippen molar-refractivity contribution in [1.82, 2.24) is 9.97 Å². The van der Waals surface area contributed by atoms with E-state index in [4.69, 9.17) is 14.7 Å². The molecule has 0 unspecified atom stereocenters. The Morgan fingerprint density at radius 2 is 1.63 bits per heavy atom. The van der Waals surface area contributed by atoms with Crippen LogP contribution in [-0.4, -0.2) is 29.7 Å². The lowest BCUT2D eigenvalue weighted by Crippen LogP contribution is -2.26. The first-order chi connectivity index (χ1) is 13.1. The zero-order valence-corrected chi connectivity index (χ0v) is 17.8. The van der Waals surface area contributed by atoms with Crippen LogP contribution in [0.2, 0.25) is 0 Å². The maximum absolute atomic E-state index is 5.61. The van der Waals surface area contributed by atoms with E-state index in [-0.39, 0.29) is 0 Å². The summed E-state index contributed by atoms with van der Waals surface area (Å²) in [5.41, 5.74) is 2.45. The summed E-state index contributed by atoms with van der Waals surface area (Å²) in [6, 6.07) is 8.39. The average molecular weight is 384 g/mol. The van der Waals surface area contributed by atoms with Gasteiger partial charge >= 0.3 is 0 Å². The van der Waals surface area contributed by atoms with Crippen molar-refractivity contribution in [3.63, 3.8) is 0 Å². The molecule has 0 bridgehead atoms. The zero-order valence-electron chi connectivity index (χ0n) is 17.0. The third-order valence-corrected chi connectivity index (χ3v) is 5.56. The van der Waals surface area contributed by atoms with Gasteiger partial charge in [-0.25, -0.2) is 9.97 Å². The van der Waals surface area contributed by atoms with E-state index in [0.29, 0.717) is 6.61 Å². The number of aromatic nitrogens is 2. The van der Waals surface area contributed by atoms with Crippen molar-refractivity contribution in [3.8, 4) is 16.9 Å². The summed E-state index contributed by atoms with van der Waals surface area (Å²) in [6.45, 7) is 13.3. The van der Waals surface area contributed by atoms with Gasteiger partial charge in [0.15, 0.2) is 0 Å². The van der Waals surface area contributed by atoms with Gasteiger partial charge in [-0.2, -0.15) is 0 Å². The number of thiophene rings is 1. The fourth-order valence-electron chi connectivity index (χ4n) is 3.52. The standard InChI is InChI=1S/C22H29N3OS/c1-6-13-25(14-7-2)21-20-19(15(4)27-22(20)24-16(5)23-21)17-9-11-18(12-10-17)26-8-3/h9-12H,6-8,13-14H2,1-5H3.